The summed E-state index contributed by atoms with van der Waals surface area (Å²) in [4.78, 5) is 24.6. The fourth-order valence-electron chi connectivity index (χ4n) is 2.23. The molecule has 0 saturated carbocycles. The maximum absolute atomic E-state index is 12.1. The van der Waals surface area contributed by atoms with E-state index in [0.29, 0.717) is 22.9 Å². The summed E-state index contributed by atoms with van der Waals surface area (Å²) in [6, 6.07) is 7.30. The summed E-state index contributed by atoms with van der Waals surface area (Å²) in [6.07, 6.45) is -0.868. The van der Waals surface area contributed by atoms with Gasteiger partial charge in [0.25, 0.3) is 5.91 Å². The third kappa shape index (κ3) is 3.51. The minimum absolute atomic E-state index is 0.209. The van der Waals surface area contributed by atoms with Crippen molar-refractivity contribution >= 4 is 23.2 Å². The van der Waals surface area contributed by atoms with Gasteiger partial charge in [-0.15, -0.1) is 11.3 Å². The molecule has 7 heteroatoms. The van der Waals surface area contributed by atoms with Crippen molar-refractivity contribution < 1.29 is 23.8 Å². The maximum Gasteiger partial charge on any atom is 0.349 e. The summed E-state index contributed by atoms with van der Waals surface area (Å²) >= 11 is 1.30. The number of benzene rings is 1. The summed E-state index contributed by atoms with van der Waals surface area (Å²) in [7, 11) is 0. The van der Waals surface area contributed by atoms with Crippen molar-refractivity contribution in [3.63, 3.8) is 0 Å². The average molecular weight is 347 g/mol. The fourth-order valence-corrected chi connectivity index (χ4v) is 3.04. The van der Waals surface area contributed by atoms with Gasteiger partial charge in [0.1, 0.15) is 4.88 Å². The molecule has 6 nitrogen and oxygen atoms in total. The molecular weight excluding hydrogens is 330 g/mol. The maximum atomic E-state index is 12.1. The number of rotatable bonds is 5. The molecular formula is C17H17NO5S. The second-order valence-electron chi connectivity index (χ2n) is 5.39. The first-order valence-corrected chi connectivity index (χ1v) is 8.34. The third-order valence-electron chi connectivity index (χ3n) is 3.60. The van der Waals surface area contributed by atoms with Crippen LogP contribution in [0.15, 0.2) is 29.6 Å². The third-order valence-corrected chi connectivity index (χ3v) is 4.60. The number of esters is 1. The summed E-state index contributed by atoms with van der Waals surface area (Å²) in [5, 5.41) is 4.56. The molecule has 24 heavy (non-hydrogen) atoms. The van der Waals surface area contributed by atoms with Gasteiger partial charge in [-0.1, -0.05) is 6.07 Å². The van der Waals surface area contributed by atoms with E-state index in [1.165, 1.54) is 11.3 Å². The van der Waals surface area contributed by atoms with E-state index in [2.05, 4.69) is 5.32 Å². The Morgan fingerprint density at radius 3 is 2.83 bits per heavy atom. The number of thiophene rings is 1. The molecule has 1 atom stereocenters. The first-order valence-electron chi connectivity index (χ1n) is 7.46. The zero-order chi connectivity index (χ0) is 17.1. The molecule has 1 aromatic heterocycles. The predicted octanol–water partition coefficient (Wildman–Crippen LogP) is 2.65. The van der Waals surface area contributed by atoms with Crippen LogP contribution in [0.2, 0.25) is 0 Å². The molecule has 1 aromatic carbocycles. The van der Waals surface area contributed by atoms with E-state index in [-0.39, 0.29) is 12.7 Å². The Hall–Kier alpha value is -2.54. The first-order chi connectivity index (χ1) is 11.5. The number of ether oxygens (including phenoxy) is 3. The molecule has 0 radical (unpaired) electrons. The molecule has 0 aliphatic carbocycles. The largest absolute Gasteiger partial charge is 0.454 e. The lowest BCUT2D eigenvalue weighted by atomic mass is 10.2. The highest BCUT2D eigenvalue weighted by Crippen LogP contribution is 2.32. The normalized spacial score (nSPS) is 13.4. The van der Waals surface area contributed by atoms with Crippen molar-refractivity contribution in [1.82, 2.24) is 5.32 Å². The van der Waals surface area contributed by atoms with Crippen LogP contribution in [0.25, 0.3) is 0 Å². The molecule has 1 amide bonds. The standard InChI is InChI=1S/C17H17NO5S/c1-10-5-6-24-15(10)17(20)23-11(2)16(19)18-8-12-3-4-13-14(7-12)22-9-21-13/h3-7,11H,8-9H2,1-2H3,(H,18,19). The zero-order valence-electron chi connectivity index (χ0n) is 13.3. The monoisotopic (exact) mass is 347 g/mol. The number of aryl methyl sites for hydroxylation is 1. The van der Waals surface area contributed by atoms with Gasteiger partial charge in [0.05, 0.1) is 0 Å². The summed E-state index contributed by atoms with van der Waals surface area (Å²) in [5.74, 6) is 0.525. The number of carbonyl (C=O) groups is 2. The Kier molecular flexibility index (Phi) is 4.71. The number of hydrogen-bond donors (Lipinski definition) is 1. The van der Waals surface area contributed by atoms with Gasteiger partial charge in [-0.05, 0) is 48.6 Å². The molecule has 0 saturated heterocycles. The van der Waals surface area contributed by atoms with Crippen LogP contribution in [0.4, 0.5) is 0 Å². The van der Waals surface area contributed by atoms with Gasteiger partial charge in [-0.2, -0.15) is 0 Å². The lowest BCUT2D eigenvalue weighted by molar-refractivity contribution is -0.129. The van der Waals surface area contributed by atoms with Gasteiger partial charge in [0, 0.05) is 6.54 Å². The van der Waals surface area contributed by atoms with Crippen molar-refractivity contribution in [2.45, 2.75) is 26.5 Å². The van der Waals surface area contributed by atoms with Crippen molar-refractivity contribution in [2.24, 2.45) is 0 Å². The van der Waals surface area contributed by atoms with Crippen LogP contribution in [0, 0.1) is 6.92 Å². The Morgan fingerprint density at radius 1 is 1.29 bits per heavy atom. The smallest absolute Gasteiger partial charge is 0.349 e. The molecule has 1 unspecified atom stereocenters. The van der Waals surface area contributed by atoms with Gasteiger partial charge in [-0.3, -0.25) is 4.79 Å². The van der Waals surface area contributed by atoms with Crippen LogP contribution in [-0.4, -0.2) is 24.8 Å². The van der Waals surface area contributed by atoms with Gasteiger partial charge in [0.15, 0.2) is 17.6 Å². The second-order valence-corrected chi connectivity index (χ2v) is 6.30. The molecule has 3 rings (SSSR count). The zero-order valence-corrected chi connectivity index (χ0v) is 14.1. The van der Waals surface area contributed by atoms with E-state index in [1.54, 1.807) is 13.0 Å². The van der Waals surface area contributed by atoms with Crippen LogP contribution >= 0.6 is 11.3 Å². The molecule has 2 heterocycles. The highest BCUT2D eigenvalue weighted by atomic mass is 32.1. The molecule has 2 aromatic rings. The van der Waals surface area contributed by atoms with E-state index < -0.39 is 12.1 Å². The molecule has 0 bridgehead atoms. The van der Waals surface area contributed by atoms with Crippen molar-refractivity contribution in [2.75, 3.05) is 6.79 Å². The van der Waals surface area contributed by atoms with E-state index in [9.17, 15) is 9.59 Å². The predicted molar refractivity (Wildman–Crippen MR) is 88.3 cm³/mol. The van der Waals surface area contributed by atoms with Gasteiger partial charge < -0.3 is 19.5 Å². The molecule has 0 spiro atoms. The van der Waals surface area contributed by atoms with Crippen LogP contribution < -0.4 is 14.8 Å². The van der Waals surface area contributed by atoms with E-state index in [1.807, 2.05) is 30.5 Å². The average Bonchev–Trinajstić information content (AvgIpc) is 3.20. The summed E-state index contributed by atoms with van der Waals surface area (Å²) in [6.45, 7) is 3.91. The quantitative estimate of drug-likeness (QED) is 0.842. The van der Waals surface area contributed by atoms with Crippen LogP contribution in [0.3, 0.4) is 0 Å². The number of hydrogen-bond acceptors (Lipinski definition) is 6. The fraction of sp³-hybridized carbons (Fsp3) is 0.294. The van der Waals surface area contributed by atoms with Crippen molar-refractivity contribution in [1.29, 1.82) is 0 Å². The van der Waals surface area contributed by atoms with Crippen LogP contribution in [-0.2, 0) is 16.1 Å². The van der Waals surface area contributed by atoms with E-state index in [0.717, 1.165) is 11.1 Å². The van der Waals surface area contributed by atoms with E-state index in [4.69, 9.17) is 14.2 Å². The number of nitrogens with one attached hydrogen (secondary N) is 1. The Balaban J connectivity index is 1.53. The molecule has 1 aliphatic heterocycles. The molecule has 1 N–H and O–H groups in total. The second kappa shape index (κ2) is 6.92. The minimum Gasteiger partial charge on any atom is -0.454 e. The summed E-state index contributed by atoms with van der Waals surface area (Å²) < 4.78 is 15.7. The number of amides is 1. The number of carbonyl (C=O) groups excluding carboxylic acids is 2. The van der Waals surface area contributed by atoms with Crippen molar-refractivity contribution in [3.05, 3.63) is 45.6 Å². The SMILES string of the molecule is Cc1ccsc1C(=O)OC(C)C(=O)NCc1ccc2c(c1)OCO2. The minimum atomic E-state index is -0.868. The lowest BCUT2D eigenvalue weighted by Gasteiger charge is -2.13. The van der Waals surface area contributed by atoms with Gasteiger partial charge >= 0.3 is 5.97 Å². The highest BCUT2D eigenvalue weighted by molar-refractivity contribution is 7.12. The van der Waals surface area contributed by atoms with Gasteiger partial charge in [-0.25, -0.2) is 4.79 Å². The van der Waals surface area contributed by atoms with Crippen LogP contribution in [0.1, 0.15) is 27.7 Å². The van der Waals surface area contributed by atoms with Crippen molar-refractivity contribution in [3.8, 4) is 11.5 Å². The molecule has 1 aliphatic rings. The highest BCUT2D eigenvalue weighted by Gasteiger charge is 2.21. The first kappa shape index (κ1) is 16.3. The van der Waals surface area contributed by atoms with Crippen LogP contribution in [0.5, 0.6) is 11.5 Å². The Morgan fingerprint density at radius 2 is 2.08 bits per heavy atom. The summed E-state index contributed by atoms with van der Waals surface area (Å²) in [5.41, 5.74) is 1.72. The Labute approximate surface area is 143 Å². The topological polar surface area (TPSA) is 73.9 Å². The van der Waals surface area contributed by atoms with Gasteiger partial charge in [0.2, 0.25) is 6.79 Å². The number of fused-ring (bicyclic) bond motifs is 1. The molecule has 126 valence electrons. The molecule has 0 fully saturated rings. The lowest BCUT2D eigenvalue weighted by Crippen LogP contribution is -2.35. The Bertz CT molecular complexity index is 770. The van der Waals surface area contributed by atoms with E-state index >= 15 is 0 Å².